The van der Waals surface area contributed by atoms with Gasteiger partial charge in [-0.2, -0.15) is 4.37 Å². The number of carbonyl (C=O) groups excluding carboxylic acids is 1. The molecule has 0 aliphatic heterocycles. The molecule has 1 amide bonds. The lowest BCUT2D eigenvalue weighted by Crippen LogP contribution is -2.26. The lowest BCUT2D eigenvalue weighted by atomic mass is 10.3. The van der Waals surface area contributed by atoms with Crippen LogP contribution in [0.2, 0.25) is 0 Å². The molecule has 1 aromatic heterocycles. The molecule has 5 heteroatoms. The van der Waals surface area contributed by atoms with E-state index in [0.717, 1.165) is 4.88 Å². The van der Waals surface area contributed by atoms with Gasteiger partial charge < -0.3 is 10.4 Å². The predicted molar refractivity (Wildman–Crippen MR) is 46.3 cm³/mol. The quantitative estimate of drug-likeness (QED) is 0.707. The summed E-state index contributed by atoms with van der Waals surface area (Å²) in [5.74, 6) is -0.228. The summed E-state index contributed by atoms with van der Waals surface area (Å²) >= 11 is 1.29. The molecule has 0 bridgehead atoms. The zero-order valence-electron chi connectivity index (χ0n) is 6.70. The molecule has 0 atom stereocenters. The third kappa shape index (κ3) is 2.28. The molecule has 1 aromatic rings. The second kappa shape index (κ2) is 4.18. The van der Waals surface area contributed by atoms with Crippen molar-refractivity contribution in [1.29, 1.82) is 0 Å². The van der Waals surface area contributed by atoms with Gasteiger partial charge in [0.1, 0.15) is 5.69 Å². The largest absolute Gasteiger partial charge is 0.395 e. The Hall–Kier alpha value is -0.940. The van der Waals surface area contributed by atoms with Gasteiger partial charge in [0.15, 0.2) is 0 Å². The minimum atomic E-state index is -0.228. The van der Waals surface area contributed by atoms with Crippen LogP contribution >= 0.6 is 11.5 Å². The van der Waals surface area contributed by atoms with Crippen LogP contribution < -0.4 is 5.32 Å². The van der Waals surface area contributed by atoms with Crippen LogP contribution in [0, 0.1) is 6.92 Å². The standard InChI is InChI=1S/C7H10N2O2S/c1-5-4-6(9-12-5)7(11)8-2-3-10/h4,10H,2-3H2,1H3,(H,8,11). The molecule has 0 radical (unpaired) electrons. The Morgan fingerprint density at radius 3 is 3.08 bits per heavy atom. The lowest BCUT2D eigenvalue weighted by Gasteiger charge is -1.97. The number of hydrogen-bond acceptors (Lipinski definition) is 4. The molecule has 4 nitrogen and oxygen atoms in total. The van der Waals surface area contributed by atoms with Gasteiger partial charge in [-0.1, -0.05) is 0 Å². The minimum absolute atomic E-state index is 0.0468. The number of aryl methyl sites for hydroxylation is 1. The number of nitrogens with zero attached hydrogens (tertiary/aromatic N) is 1. The maximum Gasteiger partial charge on any atom is 0.271 e. The molecule has 0 spiro atoms. The van der Waals surface area contributed by atoms with Crippen molar-refractivity contribution in [3.05, 3.63) is 16.6 Å². The van der Waals surface area contributed by atoms with Crippen LogP contribution in [0.4, 0.5) is 0 Å². The van der Waals surface area contributed by atoms with Crippen LogP contribution in [0.3, 0.4) is 0 Å². The Morgan fingerprint density at radius 1 is 1.83 bits per heavy atom. The van der Waals surface area contributed by atoms with Gasteiger partial charge in [0.05, 0.1) is 6.61 Å². The van der Waals surface area contributed by atoms with Crippen LogP contribution in [-0.4, -0.2) is 28.5 Å². The van der Waals surface area contributed by atoms with Crippen molar-refractivity contribution in [2.75, 3.05) is 13.2 Å². The number of aliphatic hydroxyl groups is 1. The second-order valence-corrected chi connectivity index (χ2v) is 3.31. The van der Waals surface area contributed by atoms with Gasteiger partial charge in [-0.05, 0) is 24.5 Å². The van der Waals surface area contributed by atoms with Crippen molar-refractivity contribution in [1.82, 2.24) is 9.69 Å². The molecule has 66 valence electrons. The summed E-state index contributed by atoms with van der Waals surface area (Å²) in [7, 11) is 0. The molecule has 1 heterocycles. The summed E-state index contributed by atoms with van der Waals surface area (Å²) in [6, 6.07) is 1.72. The molecule has 0 aliphatic rings. The first-order valence-electron chi connectivity index (χ1n) is 3.56. The Kier molecular flexibility index (Phi) is 3.19. The van der Waals surface area contributed by atoms with Crippen LogP contribution in [0.5, 0.6) is 0 Å². The van der Waals surface area contributed by atoms with Crippen LogP contribution in [0.25, 0.3) is 0 Å². The summed E-state index contributed by atoms with van der Waals surface area (Å²) in [5, 5.41) is 11.0. The highest BCUT2D eigenvalue weighted by molar-refractivity contribution is 7.05. The normalized spacial score (nSPS) is 9.83. The van der Waals surface area contributed by atoms with Gasteiger partial charge in [-0.25, -0.2) is 0 Å². The predicted octanol–water partition coefficient (Wildman–Crippen LogP) is 0.174. The summed E-state index contributed by atoms with van der Waals surface area (Å²) in [6.45, 7) is 2.12. The van der Waals surface area contributed by atoms with Crippen molar-refractivity contribution >= 4 is 17.4 Å². The first-order valence-corrected chi connectivity index (χ1v) is 4.33. The first-order chi connectivity index (χ1) is 5.74. The topological polar surface area (TPSA) is 62.2 Å². The molecule has 0 unspecified atom stereocenters. The van der Waals surface area contributed by atoms with E-state index in [9.17, 15) is 4.79 Å². The van der Waals surface area contributed by atoms with Crippen molar-refractivity contribution in [2.45, 2.75) is 6.92 Å². The fourth-order valence-corrected chi connectivity index (χ4v) is 1.28. The maximum absolute atomic E-state index is 11.1. The number of rotatable bonds is 3. The van der Waals surface area contributed by atoms with Crippen LogP contribution in [0.15, 0.2) is 6.07 Å². The van der Waals surface area contributed by atoms with Gasteiger partial charge in [0.2, 0.25) is 0 Å². The summed E-state index contributed by atoms with van der Waals surface area (Å²) < 4.78 is 3.92. The first kappa shape index (κ1) is 9.15. The molecule has 0 fully saturated rings. The summed E-state index contributed by atoms with van der Waals surface area (Å²) in [5.41, 5.74) is 0.422. The maximum atomic E-state index is 11.1. The Bertz CT molecular complexity index is 272. The molecule has 1 rings (SSSR count). The van der Waals surface area contributed by atoms with Crippen molar-refractivity contribution in [3.8, 4) is 0 Å². The zero-order valence-corrected chi connectivity index (χ0v) is 7.52. The summed E-state index contributed by atoms with van der Waals surface area (Å²) in [4.78, 5) is 12.1. The van der Waals surface area contributed by atoms with Crippen molar-refractivity contribution < 1.29 is 9.90 Å². The molecule has 0 aromatic carbocycles. The molecule has 0 saturated heterocycles. The van der Waals surface area contributed by atoms with Crippen molar-refractivity contribution in [3.63, 3.8) is 0 Å². The number of carbonyl (C=O) groups is 1. The average molecular weight is 186 g/mol. The number of nitrogens with one attached hydrogen (secondary N) is 1. The van der Waals surface area contributed by atoms with E-state index in [4.69, 9.17) is 5.11 Å². The van der Waals surface area contributed by atoms with Gasteiger partial charge >= 0.3 is 0 Å². The van der Waals surface area contributed by atoms with E-state index in [1.165, 1.54) is 11.5 Å². The third-order valence-corrected chi connectivity index (χ3v) is 1.95. The van der Waals surface area contributed by atoms with Gasteiger partial charge in [0, 0.05) is 11.4 Å². The van der Waals surface area contributed by atoms with Gasteiger partial charge in [-0.3, -0.25) is 4.79 Å². The van der Waals surface area contributed by atoms with E-state index in [-0.39, 0.29) is 19.1 Å². The zero-order chi connectivity index (χ0) is 8.97. The molecule has 12 heavy (non-hydrogen) atoms. The smallest absolute Gasteiger partial charge is 0.271 e. The van der Waals surface area contributed by atoms with Gasteiger partial charge in [0.25, 0.3) is 5.91 Å². The van der Waals surface area contributed by atoms with E-state index in [2.05, 4.69) is 9.69 Å². The minimum Gasteiger partial charge on any atom is -0.395 e. The Balaban J connectivity index is 2.53. The Morgan fingerprint density at radius 2 is 2.58 bits per heavy atom. The molecular formula is C7H10N2O2S. The highest BCUT2D eigenvalue weighted by atomic mass is 32.1. The highest BCUT2D eigenvalue weighted by Gasteiger charge is 2.07. The van der Waals surface area contributed by atoms with Crippen molar-refractivity contribution in [2.24, 2.45) is 0 Å². The molecular weight excluding hydrogens is 176 g/mol. The molecule has 2 N–H and O–H groups in total. The van der Waals surface area contributed by atoms with Crippen LogP contribution in [0.1, 0.15) is 15.4 Å². The number of hydrogen-bond donors (Lipinski definition) is 2. The van der Waals surface area contributed by atoms with E-state index in [0.29, 0.717) is 5.69 Å². The highest BCUT2D eigenvalue weighted by Crippen LogP contribution is 2.07. The monoisotopic (exact) mass is 186 g/mol. The molecule has 0 saturated carbocycles. The Labute approximate surface area is 74.4 Å². The SMILES string of the molecule is Cc1cc(C(=O)NCCO)ns1. The molecule has 0 aliphatic carbocycles. The second-order valence-electron chi connectivity index (χ2n) is 2.30. The summed E-state index contributed by atoms with van der Waals surface area (Å²) in [6.07, 6.45) is 0. The van der Waals surface area contributed by atoms with E-state index < -0.39 is 0 Å². The van der Waals surface area contributed by atoms with Crippen LogP contribution in [-0.2, 0) is 0 Å². The van der Waals surface area contributed by atoms with E-state index in [1.807, 2.05) is 6.92 Å². The number of aromatic nitrogens is 1. The fourth-order valence-electron chi connectivity index (χ4n) is 0.733. The van der Waals surface area contributed by atoms with E-state index >= 15 is 0 Å². The third-order valence-electron chi connectivity index (χ3n) is 1.26. The average Bonchev–Trinajstić information content (AvgIpc) is 2.47. The van der Waals surface area contributed by atoms with Gasteiger partial charge in [-0.15, -0.1) is 0 Å². The fraction of sp³-hybridized carbons (Fsp3) is 0.429. The van der Waals surface area contributed by atoms with E-state index in [1.54, 1.807) is 6.07 Å². The lowest BCUT2D eigenvalue weighted by molar-refractivity contribution is 0.0941. The number of aliphatic hydroxyl groups excluding tert-OH is 1. The number of amides is 1.